The molecule has 0 atom stereocenters. The van der Waals surface area contributed by atoms with Crippen LogP contribution < -0.4 is 5.32 Å². The van der Waals surface area contributed by atoms with E-state index in [1.807, 2.05) is 12.4 Å². The number of hydrogen-bond acceptors (Lipinski definition) is 3. The third kappa shape index (κ3) is 3.06. The Kier molecular flexibility index (Phi) is 4.09. The van der Waals surface area contributed by atoms with E-state index in [1.165, 1.54) is 22.3 Å². The molecule has 3 rings (SSSR count). The molecule has 0 unspecified atom stereocenters. The molecule has 0 amide bonds. The van der Waals surface area contributed by atoms with Gasteiger partial charge in [0.25, 0.3) is 0 Å². The van der Waals surface area contributed by atoms with Crippen molar-refractivity contribution in [2.45, 2.75) is 33.1 Å². The molecule has 0 bridgehead atoms. The van der Waals surface area contributed by atoms with Crippen LogP contribution in [0.15, 0.2) is 42.7 Å². The third-order valence-electron chi connectivity index (χ3n) is 3.79. The molecule has 0 fully saturated rings. The van der Waals surface area contributed by atoms with E-state index in [2.05, 4.69) is 52.5 Å². The van der Waals surface area contributed by atoms with Crippen molar-refractivity contribution in [1.29, 1.82) is 0 Å². The molecule has 0 saturated carbocycles. The van der Waals surface area contributed by atoms with E-state index in [0.717, 1.165) is 32.7 Å². The lowest BCUT2D eigenvalue weighted by atomic mass is 10.1. The first-order chi connectivity index (χ1) is 9.85. The highest BCUT2D eigenvalue weighted by molar-refractivity contribution is 5.35. The second-order valence-corrected chi connectivity index (χ2v) is 5.38. The summed E-state index contributed by atoms with van der Waals surface area (Å²) in [5, 5.41) is 3.39. The fourth-order valence-electron chi connectivity index (χ4n) is 2.76. The SMILES string of the molecule is CCNCc1ccc2c(c1)CN(Cc1ccncc1)C2. The lowest BCUT2D eigenvalue weighted by Gasteiger charge is -2.14. The van der Waals surface area contributed by atoms with Gasteiger partial charge in [0.15, 0.2) is 0 Å². The minimum Gasteiger partial charge on any atom is -0.313 e. The molecule has 1 aromatic carbocycles. The van der Waals surface area contributed by atoms with Crippen LogP contribution >= 0.6 is 0 Å². The van der Waals surface area contributed by atoms with Crippen molar-refractivity contribution in [3.63, 3.8) is 0 Å². The smallest absolute Gasteiger partial charge is 0.0271 e. The molecule has 1 N–H and O–H groups in total. The number of rotatable bonds is 5. The number of nitrogens with zero attached hydrogens (tertiary/aromatic N) is 2. The quantitative estimate of drug-likeness (QED) is 0.903. The van der Waals surface area contributed by atoms with E-state index in [-0.39, 0.29) is 0 Å². The highest BCUT2D eigenvalue weighted by Crippen LogP contribution is 2.25. The van der Waals surface area contributed by atoms with Crippen LogP contribution in [0.25, 0.3) is 0 Å². The second kappa shape index (κ2) is 6.16. The first kappa shape index (κ1) is 13.3. The monoisotopic (exact) mass is 267 g/mol. The van der Waals surface area contributed by atoms with Gasteiger partial charge in [-0.25, -0.2) is 0 Å². The summed E-state index contributed by atoms with van der Waals surface area (Å²) in [6.45, 7) is 7.24. The van der Waals surface area contributed by atoms with Gasteiger partial charge in [0.05, 0.1) is 0 Å². The van der Waals surface area contributed by atoms with Gasteiger partial charge in [0, 0.05) is 38.6 Å². The molecule has 0 spiro atoms. The Hall–Kier alpha value is -1.71. The Morgan fingerprint density at radius 1 is 1.05 bits per heavy atom. The lowest BCUT2D eigenvalue weighted by molar-refractivity contribution is 0.275. The molecular weight excluding hydrogens is 246 g/mol. The maximum atomic E-state index is 4.07. The number of pyridine rings is 1. The molecule has 2 aromatic rings. The predicted molar refractivity (Wildman–Crippen MR) is 81.0 cm³/mol. The molecule has 20 heavy (non-hydrogen) atoms. The first-order valence-electron chi connectivity index (χ1n) is 7.28. The number of aromatic nitrogens is 1. The van der Waals surface area contributed by atoms with Crippen LogP contribution in [0.3, 0.4) is 0 Å². The van der Waals surface area contributed by atoms with Gasteiger partial charge in [-0.3, -0.25) is 9.88 Å². The van der Waals surface area contributed by atoms with E-state index in [1.54, 1.807) is 0 Å². The Bertz CT molecular complexity index is 566. The predicted octanol–water partition coefficient (Wildman–Crippen LogP) is 2.71. The Morgan fingerprint density at radius 2 is 1.85 bits per heavy atom. The van der Waals surface area contributed by atoms with Crippen molar-refractivity contribution in [3.05, 3.63) is 65.0 Å². The van der Waals surface area contributed by atoms with Crippen LogP contribution in [-0.2, 0) is 26.2 Å². The van der Waals surface area contributed by atoms with Gasteiger partial charge >= 0.3 is 0 Å². The minimum atomic E-state index is 0.966. The summed E-state index contributed by atoms with van der Waals surface area (Å²) in [6.07, 6.45) is 3.74. The largest absolute Gasteiger partial charge is 0.313 e. The van der Waals surface area contributed by atoms with Gasteiger partial charge in [-0.2, -0.15) is 0 Å². The first-order valence-corrected chi connectivity index (χ1v) is 7.28. The number of benzene rings is 1. The van der Waals surface area contributed by atoms with Crippen LogP contribution in [0, 0.1) is 0 Å². The van der Waals surface area contributed by atoms with Gasteiger partial charge < -0.3 is 5.32 Å². The number of hydrogen-bond donors (Lipinski definition) is 1. The number of nitrogens with one attached hydrogen (secondary N) is 1. The molecule has 3 nitrogen and oxygen atoms in total. The Morgan fingerprint density at radius 3 is 2.65 bits per heavy atom. The van der Waals surface area contributed by atoms with Crippen LogP contribution in [0.2, 0.25) is 0 Å². The van der Waals surface area contributed by atoms with Gasteiger partial charge in [-0.1, -0.05) is 25.1 Å². The molecule has 3 heteroatoms. The van der Waals surface area contributed by atoms with Crippen LogP contribution in [0.5, 0.6) is 0 Å². The van der Waals surface area contributed by atoms with E-state index in [4.69, 9.17) is 0 Å². The standard InChI is InChI=1S/C17H21N3/c1-2-18-10-15-3-4-16-12-20(13-17(16)9-15)11-14-5-7-19-8-6-14/h3-9,18H,2,10-13H2,1H3. The van der Waals surface area contributed by atoms with Crippen molar-refractivity contribution in [3.8, 4) is 0 Å². The maximum absolute atomic E-state index is 4.07. The van der Waals surface area contributed by atoms with Gasteiger partial charge in [-0.15, -0.1) is 0 Å². The number of fused-ring (bicyclic) bond motifs is 1. The van der Waals surface area contributed by atoms with Crippen LogP contribution in [0.4, 0.5) is 0 Å². The fourth-order valence-corrected chi connectivity index (χ4v) is 2.76. The normalized spacial score (nSPS) is 14.4. The maximum Gasteiger partial charge on any atom is 0.0271 e. The van der Waals surface area contributed by atoms with E-state index >= 15 is 0 Å². The topological polar surface area (TPSA) is 28.2 Å². The van der Waals surface area contributed by atoms with Gasteiger partial charge in [0.2, 0.25) is 0 Å². The van der Waals surface area contributed by atoms with Crippen molar-refractivity contribution in [2.24, 2.45) is 0 Å². The average Bonchev–Trinajstić information content (AvgIpc) is 2.87. The third-order valence-corrected chi connectivity index (χ3v) is 3.79. The Balaban J connectivity index is 1.66. The summed E-state index contributed by atoms with van der Waals surface area (Å²) in [4.78, 5) is 6.56. The molecule has 1 aliphatic heterocycles. The van der Waals surface area contributed by atoms with E-state index in [9.17, 15) is 0 Å². The van der Waals surface area contributed by atoms with Gasteiger partial charge in [-0.05, 0) is 40.9 Å². The molecule has 0 aliphatic carbocycles. The zero-order valence-corrected chi connectivity index (χ0v) is 12.0. The molecular formula is C17H21N3. The average molecular weight is 267 g/mol. The molecule has 1 aliphatic rings. The molecule has 0 radical (unpaired) electrons. The highest BCUT2D eigenvalue weighted by Gasteiger charge is 2.18. The van der Waals surface area contributed by atoms with Crippen molar-refractivity contribution in [1.82, 2.24) is 15.2 Å². The second-order valence-electron chi connectivity index (χ2n) is 5.38. The fraction of sp³-hybridized carbons (Fsp3) is 0.353. The van der Waals surface area contributed by atoms with Crippen LogP contribution in [0.1, 0.15) is 29.2 Å². The van der Waals surface area contributed by atoms with Crippen molar-refractivity contribution in [2.75, 3.05) is 6.54 Å². The summed E-state index contributed by atoms with van der Waals surface area (Å²) in [5.41, 5.74) is 5.67. The minimum absolute atomic E-state index is 0.966. The summed E-state index contributed by atoms with van der Waals surface area (Å²) >= 11 is 0. The zero-order valence-electron chi connectivity index (χ0n) is 12.0. The molecule has 2 heterocycles. The molecule has 1 aromatic heterocycles. The van der Waals surface area contributed by atoms with Crippen molar-refractivity contribution < 1.29 is 0 Å². The van der Waals surface area contributed by atoms with Crippen LogP contribution in [-0.4, -0.2) is 16.4 Å². The molecule has 104 valence electrons. The van der Waals surface area contributed by atoms with Gasteiger partial charge in [0.1, 0.15) is 0 Å². The summed E-state index contributed by atoms with van der Waals surface area (Å²) in [6, 6.07) is 11.1. The zero-order chi connectivity index (χ0) is 13.8. The van der Waals surface area contributed by atoms with E-state index in [0.29, 0.717) is 0 Å². The summed E-state index contributed by atoms with van der Waals surface area (Å²) in [7, 11) is 0. The summed E-state index contributed by atoms with van der Waals surface area (Å²) < 4.78 is 0. The lowest BCUT2D eigenvalue weighted by Crippen LogP contribution is -2.15. The highest BCUT2D eigenvalue weighted by atomic mass is 15.1. The molecule has 0 saturated heterocycles. The Labute approximate surface area is 120 Å². The van der Waals surface area contributed by atoms with Crippen molar-refractivity contribution >= 4 is 0 Å². The summed E-state index contributed by atoms with van der Waals surface area (Å²) in [5.74, 6) is 0. The van der Waals surface area contributed by atoms with E-state index < -0.39 is 0 Å².